The van der Waals surface area contributed by atoms with Gasteiger partial charge in [-0.3, -0.25) is 24.0 Å². The quantitative estimate of drug-likeness (QED) is 0.0625. The van der Waals surface area contributed by atoms with Crippen molar-refractivity contribution >= 4 is 35.5 Å². The molecule has 0 spiro atoms. The first kappa shape index (κ1) is 37.7. The van der Waals surface area contributed by atoms with E-state index in [0.717, 1.165) is 0 Å². The van der Waals surface area contributed by atoms with Gasteiger partial charge in [0, 0.05) is 6.42 Å². The fraction of sp³-hybridized carbons (Fsp3) is 0.769. The monoisotopic (exact) mass is 586 g/mol. The minimum absolute atomic E-state index is 0.126. The molecule has 15 heteroatoms. The number of primary amides is 1. The molecule has 0 saturated carbocycles. The van der Waals surface area contributed by atoms with E-state index < -0.39 is 65.7 Å². The largest absolute Gasteiger partial charge is 0.480 e. The maximum Gasteiger partial charge on any atom is 0.326 e. The van der Waals surface area contributed by atoms with E-state index in [1.807, 2.05) is 6.92 Å². The smallest absolute Gasteiger partial charge is 0.326 e. The minimum atomic E-state index is -1.29. The molecule has 0 unspecified atom stereocenters. The first-order valence-corrected chi connectivity index (χ1v) is 14.2. The predicted molar refractivity (Wildman–Crippen MR) is 153 cm³/mol. The number of hydrogen-bond acceptors (Lipinski definition) is 9. The average molecular weight is 587 g/mol. The first-order chi connectivity index (χ1) is 19.3. The highest BCUT2D eigenvalue weighted by Gasteiger charge is 2.32. The van der Waals surface area contributed by atoms with Crippen molar-refractivity contribution in [3.05, 3.63) is 0 Å². The number of aliphatic carboxylic acids is 1. The number of rotatable bonds is 22. The molecule has 0 radical (unpaired) electrons. The van der Waals surface area contributed by atoms with Crippen LogP contribution in [0.3, 0.4) is 0 Å². The van der Waals surface area contributed by atoms with E-state index in [1.54, 1.807) is 6.92 Å². The summed E-state index contributed by atoms with van der Waals surface area (Å²) < 4.78 is 0. The molecule has 6 atom stereocenters. The summed E-state index contributed by atoms with van der Waals surface area (Å²) >= 11 is 0. The van der Waals surface area contributed by atoms with Crippen LogP contribution in [0, 0.1) is 5.92 Å². The van der Waals surface area contributed by atoms with Crippen LogP contribution in [0.5, 0.6) is 0 Å². The lowest BCUT2D eigenvalue weighted by Gasteiger charge is -2.27. The second-order valence-corrected chi connectivity index (χ2v) is 10.2. The molecule has 13 N–H and O–H groups in total. The van der Waals surface area contributed by atoms with Gasteiger partial charge in [-0.05, 0) is 64.5 Å². The van der Waals surface area contributed by atoms with Gasteiger partial charge in [0.25, 0.3) is 0 Å². The van der Waals surface area contributed by atoms with Crippen molar-refractivity contribution in [1.82, 2.24) is 21.3 Å². The summed E-state index contributed by atoms with van der Waals surface area (Å²) in [6.07, 6.45) is 3.04. The van der Waals surface area contributed by atoms with Gasteiger partial charge in [0.1, 0.15) is 24.2 Å². The predicted octanol–water partition coefficient (Wildman–Crippen LogP) is -2.07. The standard InChI is InChI=1S/C26H50N8O7/c1-4-15(2)21(34-23(37)17(29)9-5-7-13-27)25(39)31-16(3)22(36)32-18(11-12-20(30)35)24(38)33-19(26(40)41)10-6-8-14-28/h15-19,21H,4-14,27-29H2,1-3H3,(H2,30,35)(H,31,39)(H,32,36)(H,33,38)(H,34,37)(H,40,41)/t15-,16-,17-,18-,19-,21-/m0/s1. The van der Waals surface area contributed by atoms with Gasteiger partial charge in [-0.2, -0.15) is 0 Å². The summed E-state index contributed by atoms with van der Waals surface area (Å²) in [5, 5.41) is 19.5. The van der Waals surface area contributed by atoms with Crippen molar-refractivity contribution in [3.8, 4) is 0 Å². The Labute approximate surface area is 241 Å². The fourth-order valence-corrected chi connectivity index (χ4v) is 3.85. The molecule has 0 aromatic carbocycles. The molecular weight excluding hydrogens is 536 g/mol. The SMILES string of the molecule is CC[C@H](C)[C@H](NC(=O)[C@@H](N)CCCCN)C(=O)N[C@@H](C)C(=O)N[C@@H](CCC(N)=O)C(=O)N[C@@H](CCCCN)C(=O)O. The van der Waals surface area contributed by atoms with Crippen LogP contribution in [0.25, 0.3) is 0 Å². The molecule has 0 bridgehead atoms. The molecule has 236 valence electrons. The molecule has 0 aliphatic heterocycles. The summed E-state index contributed by atoms with van der Waals surface area (Å²) in [5.74, 6) is -4.95. The number of hydrogen-bond donors (Lipinski definition) is 9. The molecule has 0 fully saturated rings. The zero-order valence-corrected chi connectivity index (χ0v) is 24.4. The summed E-state index contributed by atoms with van der Waals surface area (Å²) in [7, 11) is 0. The molecule has 5 amide bonds. The number of carboxylic acid groups (broad SMARTS) is 1. The van der Waals surface area contributed by atoms with E-state index in [9.17, 15) is 33.9 Å². The molecule has 0 rings (SSSR count). The lowest BCUT2D eigenvalue weighted by molar-refractivity contribution is -0.142. The second kappa shape index (κ2) is 20.6. The van der Waals surface area contributed by atoms with Gasteiger partial charge in [0.2, 0.25) is 29.5 Å². The molecule has 0 aromatic heterocycles. The molecule has 0 heterocycles. The first-order valence-electron chi connectivity index (χ1n) is 14.2. The Morgan fingerprint density at radius 2 is 1.27 bits per heavy atom. The van der Waals surface area contributed by atoms with Crippen molar-refractivity contribution in [2.75, 3.05) is 13.1 Å². The Balaban J connectivity index is 5.45. The zero-order chi connectivity index (χ0) is 31.5. The highest BCUT2D eigenvalue weighted by atomic mass is 16.4. The van der Waals surface area contributed by atoms with Crippen LogP contribution in [-0.4, -0.2) is 83.9 Å². The van der Waals surface area contributed by atoms with Crippen molar-refractivity contribution in [2.45, 2.75) is 109 Å². The Kier molecular flexibility index (Phi) is 18.9. The Morgan fingerprint density at radius 1 is 0.707 bits per heavy atom. The van der Waals surface area contributed by atoms with Gasteiger partial charge < -0.3 is 49.3 Å². The van der Waals surface area contributed by atoms with Crippen LogP contribution < -0.4 is 44.2 Å². The van der Waals surface area contributed by atoms with E-state index in [0.29, 0.717) is 51.6 Å². The second-order valence-electron chi connectivity index (χ2n) is 10.2. The summed E-state index contributed by atoms with van der Waals surface area (Å²) in [4.78, 5) is 74.4. The topological polar surface area (TPSA) is 275 Å². The van der Waals surface area contributed by atoms with E-state index >= 15 is 0 Å². The number of unbranched alkanes of at least 4 members (excludes halogenated alkanes) is 2. The van der Waals surface area contributed by atoms with Crippen molar-refractivity contribution < 1.29 is 33.9 Å². The van der Waals surface area contributed by atoms with Crippen LogP contribution >= 0.6 is 0 Å². The summed E-state index contributed by atoms with van der Waals surface area (Å²) in [5.41, 5.74) is 22.1. The third-order valence-electron chi connectivity index (χ3n) is 6.73. The highest BCUT2D eigenvalue weighted by molar-refractivity contribution is 5.95. The normalized spacial score (nSPS) is 15.4. The maximum absolute atomic E-state index is 13.1. The van der Waals surface area contributed by atoms with Gasteiger partial charge >= 0.3 is 5.97 Å². The molecule has 0 aliphatic carbocycles. The molecule has 41 heavy (non-hydrogen) atoms. The third-order valence-corrected chi connectivity index (χ3v) is 6.73. The Morgan fingerprint density at radius 3 is 1.78 bits per heavy atom. The van der Waals surface area contributed by atoms with Crippen LogP contribution in [-0.2, 0) is 28.8 Å². The minimum Gasteiger partial charge on any atom is -0.480 e. The van der Waals surface area contributed by atoms with Gasteiger partial charge in [-0.15, -0.1) is 0 Å². The molecular formula is C26H50N8O7. The number of nitrogens with one attached hydrogen (secondary N) is 4. The summed E-state index contributed by atoms with van der Waals surface area (Å²) in [6, 6.07) is -5.45. The highest BCUT2D eigenvalue weighted by Crippen LogP contribution is 2.10. The third kappa shape index (κ3) is 15.3. The van der Waals surface area contributed by atoms with Crippen LogP contribution in [0.1, 0.15) is 78.6 Å². The van der Waals surface area contributed by atoms with E-state index in [2.05, 4.69) is 21.3 Å². The van der Waals surface area contributed by atoms with Crippen LogP contribution in [0.15, 0.2) is 0 Å². The van der Waals surface area contributed by atoms with Crippen LogP contribution in [0.4, 0.5) is 0 Å². The maximum atomic E-state index is 13.1. The Hall–Kier alpha value is -3.30. The molecule has 15 nitrogen and oxygen atoms in total. The van der Waals surface area contributed by atoms with Gasteiger partial charge in [0.15, 0.2) is 0 Å². The molecule has 0 aromatic rings. The van der Waals surface area contributed by atoms with Gasteiger partial charge in [-0.1, -0.05) is 26.7 Å². The number of carboxylic acids is 1. The van der Waals surface area contributed by atoms with Gasteiger partial charge in [0.05, 0.1) is 6.04 Å². The number of carbonyl (C=O) groups is 6. The molecule has 0 saturated heterocycles. The van der Waals surface area contributed by atoms with Gasteiger partial charge in [-0.25, -0.2) is 4.79 Å². The number of amides is 5. The van der Waals surface area contributed by atoms with Crippen LogP contribution in [0.2, 0.25) is 0 Å². The fourth-order valence-electron chi connectivity index (χ4n) is 3.85. The lowest BCUT2D eigenvalue weighted by atomic mass is 9.97. The summed E-state index contributed by atoms with van der Waals surface area (Å²) in [6.45, 7) is 5.84. The van der Waals surface area contributed by atoms with Crippen molar-refractivity contribution in [1.29, 1.82) is 0 Å². The molecule has 0 aliphatic rings. The van der Waals surface area contributed by atoms with E-state index in [-0.39, 0.29) is 25.2 Å². The average Bonchev–Trinajstić information content (AvgIpc) is 2.92. The lowest BCUT2D eigenvalue weighted by Crippen LogP contribution is -2.59. The van der Waals surface area contributed by atoms with Crippen molar-refractivity contribution in [3.63, 3.8) is 0 Å². The number of nitrogens with two attached hydrogens (primary N) is 4. The zero-order valence-electron chi connectivity index (χ0n) is 24.4. The van der Waals surface area contributed by atoms with E-state index in [1.165, 1.54) is 6.92 Å². The Bertz CT molecular complexity index is 873. The number of carbonyl (C=O) groups excluding carboxylic acids is 5. The van der Waals surface area contributed by atoms with Crippen molar-refractivity contribution in [2.24, 2.45) is 28.9 Å². The van der Waals surface area contributed by atoms with E-state index in [4.69, 9.17) is 22.9 Å².